The Kier molecular flexibility index (Phi) is 3.24. The molecule has 3 nitrogen and oxygen atoms in total. The van der Waals surface area contributed by atoms with E-state index in [4.69, 9.17) is 0 Å². The fourth-order valence-electron chi connectivity index (χ4n) is 1.38. The summed E-state index contributed by atoms with van der Waals surface area (Å²) < 4.78 is 13.6. The Bertz CT molecular complexity index is 496. The van der Waals surface area contributed by atoms with E-state index in [-0.39, 0.29) is 5.82 Å². The molecule has 0 fully saturated rings. The molecule has 2 aromatic rings. The molecule has 0 aliphatic rings. The number of aromatic amines is 1. The number of halogens is 2. The molecule has 0 saturated heterocycles. The Morgan fingerprint density at radius 3 is 2.94 bits per heavy atom. The lowest BCUT2D eigenvalue weighted by Gasteiger charge is -2.07. The number of aromatic nitrogens is 2. The van der Waals surface area contributed by atoms with Crippen LogP contribution in [-0.2, 0) is 6.54 Å². The highest BCUT2D eigenvalue weighted by Crippen LogP contribution is 2.23. The van der Waals surface area contributed by atoms with Crippen LogP contribution in [0.15, 0.2) is 28.9 Å². The fourth-order valence-corrected chi connectivity index (χ4v) is 1.87. The van der Waals surface area contributed by atoms with Crippen molar-refractivity contribution in [2.24, 2.45) is 0 Å². The molecule has 1 heterocycles. The Hall–Kier alpha value is -1.36. The summed E-state index contributed by atoms with van der Waals surface area (Å²) >= 11 is 3.30. The van der Waals surface area contributed by atoms with Gasteiger partial charge in [0.15, 0.2) is 0 Å². The third kappa shape index (κ3) is 2.41. The first kappa shape index (κ1) is 11.1. The standard InChI is InChI=1S/C11H11BrFN3/c1-7-8(6-15-16-7)5-14-11-3-2-9(13)4-10(11)12/h2-4,6,14H,5H2,1H3,(H,15,16). The number of aryl methyl sites for hydroxylation is 1. The maximum atomic E-state index is 12.9. The van der Waals surface area contributed by atoms with Crippen LogP contribution in [-0.4, -0.2) is 10.2 Å². The molecule has 2 N–H and O–H groups in total. The summed E-state index contributed by atoms with van der Waals surface area (Å²) in [4.78, 5) is 0. The minimum atomic E-state index is -0.253. The zero-order valence-corrected chi connectivity index (χ0v) is 10.3. The molecule has 0 spiro atoms. The summed E-state index contributed by atoms with van der Waals surface area (Å²) in [5.41, 5.74) is 2.99. The Labute approximate surface area is 101 Å². The van der Waals surface area contributed by atoms with Crippen LogP contribution in [0.1, 0.15) is 11.3 Å². The molecule has 0 amide bonds. The zero-order chi connectivity index (χ0) is 11.5. The zero-order valence-electron chi connectivity index (χ0n) is 8.72. The summed E-state index contributed by atoms with van der Waals surface area (Å²) in [6.45, 7) is 2.62. The number of hydrogen-bond donors (Lipinski definition) is 2. The average molecular weight is 284 g/mol. The van der Waals surface area contributed by atoms with Gasteiger partial charge in [0.1, 0.15) is 5.82 Å². The first-order valence-electron chi connectivity index (χ1n) is 4.84. The smallest absolute Gasteiger partial charge is 0.124 e. The molecule has 2 rings (SSSR count). The summed E-state index contributed by atoms with van der Waals surface area (Å²) in [6.07, 6.45) is 1.78. The lowest BCUT2D eigenvalue weighted by molar-refractivity contribution is 0.627. The van der Waals surface area contributed by atoms with Crippen molar-refractivity contribution in [3.63, 3.8) is 0 Å². The van der Waals surface area contributed by atoms with Crippen molar-refractivity contribution in [2.45, 2.75) is 13.5 Å². The van der Waals surface area contributed by atoms with Crippen molar-refractivity contribution < 1.29 is 4.39 Å². The lowest BCUT2D eigenvalue weighted by atomic mass is 10.2. The number of nitrogens with one attached hydrogen (secondary N) is 2. The largest absolute Gasteiger partial charge is 0.380 e. The second-order valence-corrected chi connectivity index (χ2v) is 4.35. The quantitative estimate of drug-likeness (QED) is 0.908. The third-order valence-corrected chi connectivity index (χ3v) is 2.99. The monoisotopic (exact) mass is 283 g/mol. The van der Waals surface area contributed by atoms with Gasteiger partial charge >= 0.3 is 0 Å². The van der Waals surface area contributed by atoms with Crippen molar-refractivity contribution in [3.05, 3.63) is 45.9 Å². The van der Waals surface area contributed by atoms with Crippen LogP contribution in [0, 0.1) is 12.7 Å². The summed E-state index contributed by atoms with van der Waals surface area (Å²) in [5.74, 6) is -0.253. The third-order valence-electron chi connectivity index (χ3n) is 2.33. The Morgan fingerprint density at radius 2 is 2.31 bits per heavy atom. The van der Waals surface area contributed by atoms with E-state index in [1.54, 1.807) is 12.3 Å². The maximum absolute atomic E-state index is 12.9. The van der Waals surface area contributed by atoms with Crippen molar-refractivity contribution in [1.82, 2.24) is 10.2 Å². The molecule has 5 heteroatoms. The van der Waals surface area contributed by atoms with E-state index in [2.05, 4.69) is 31.4 Å². The first-order chi connectivity index (χ1) is 7.66. The number of H-pyrrole nitrogens is 1. The maximum Gasteiger partial charge on any atom is 0.124 e. The molecule has 0 aliphatic heterocycles. The van der Waals surface area contributed by atoms with Crippen molar-refractivity contribution >= 4 is 21.6 Å². The van der Waals surface area contributed by atoms with Gasteiger partial charge in [-0.2, -0.15) is 5.10 Å². The second-order valence-electron chi connectivity index (χ2n) is 3.50. The molecule has 1 aromatic carbocycles. The van der Waals surface area contributed by atoms with Crippen LogP contribution < -0.4 is 5.32 Å². The van der Waals surface area contributed by atoms with Crippen LogP contribution in [0.5, 0.6) is 0 Å². The molecule has 16 heavy (non-hydrogen) atoms. The van der Waals surface area contributed by atoms with Crippen LogP contribution >= 0.6 is 15.9 Å². The molecule has 0 unspecified atom stereocenters. The highest BCUT2D eigenvalue weighted by atomic mass is 79.9. The summed E-state index contributed by atoms with van der Waals surface area (Å²) in [6, 6.07) is 4.56. The number of rotatable bonds is 3. The van der Waals surface area contributed by atoms with Gasteiger partial charge in [-0.3, -0.25) is 5.10 Å². The topological polar surface area (TPSA) is 40.7 Å². The van der Waals surface area contributed by atoms with Gasteiger partial charge in [-0.15, -0.1) is 0 Å². The predicted molar refractivity (Wildman–Crippen MR) is 64.8 cm³/mol. The second kappa shape index (κ2) is 4.65. The van der Waals surface area contributed by atoms with Crippen molar-refractivity contribution in [3.8, 4) is 0 Å². The van der Waals surface area contributed by atoms with Gasteiger partial charge in [-0.05, 0) is 41.1 Å². The van der Waals surface area contributed by atoms with Gasteiger partial charge in [0, 0.05) is 28.0 Å². The van der Waals surface area contributed by atoms with Gasteiger partial charge in [-0.1, -0.05) is 0 Å². The molecular formula is C11H11BrFN3. The van der Waals surface area contributed by atoms with Crippen LogP contribution in [0.4, 0.5) is 10.1 Å². The van der Waals surface area contributed by atoms with Crippen molar-refractivity contribution in [1.29, 1.82) is 0 Å². The predicted octanol–water partition coefficient (Wildman–Crippen LogP) is 3.23. The van der Waals surface area contributed by atoms with E-state index in [0.29, 0.717) is 11.0 Å². The van der Waals surface area contributed by atoms with Gasteiger partial charge in [0.05, 0.1) is 6.20 Å². The first-order valence-corrected chi connectivity index (χ1v) is 5.64. The number of nitrogens with zero attached hydrogens (tertiary/aromatic N) is 1. The summed E-state index contributed by atoms with van der Waals surface area (Å²) in [7, 11) is 0. The number of benzene rings is 1. The molecule has 0 radical (unpaired) electrons. The lowest BCUT2D eigenvalue weighted by Crippen LogP contribution is -2.00. The molecule has 0 saturated carbocycles. The average Bonchev–Trinajstić information content (AvgIpc) is 2.63. The minimum absolute atomic E-state index is 0.253. The molecule has 1 aromatic heterocycles. The number of anilines is 1. The molecular weight excluding hydrogens is 273 g/mol. The highest BCUT2D eigenvalue weighted by molar-refractivity contribution is 9.10. The van der Waals surface area contributed by atoms with E-state index in [1.807, 2.05) is 6.92 Å². The van der Waals surface area contributed by atoms with E-state index in [1.165, 1.54) is 12.1 Å². The minimum Gasteiger partial charge on any atom is -0.380 e. The van der Waals surface area contributed by atoms with Crippen LogP contribution in [0.3, 0.4) is 0 Å². The van der Waals surface area contributed by atoms with Gasteiger partial charge in [0.25, 0.3) is 0 Å². The molecule has 84 valence electrons. The van der Waals surface area contributed by atoms with Crippen LogP contribution in [0.25, 0.3) is 0 Å². The van der Waals surface area contributed by atoms with Gasteiger partial charge in [0.2, 0.25) is 0 Å². The normalized spacial score (nSPS) is 10.4. The van der Waals surface area contributed by atoms with E-state index >= 15 is 0 Å². The molecule has 0 aliphatic carbocycles. The molecule has 0 bridgehead atoms. The van der Waals surface area contributed by atoms with Gasteiger partial charge < -0.3 is 5.32 Å². The SMILES string of the molecule is Cc1[nH]ncc1CNc1ccc(F)cc1Br. The summed E-state index contributed by atoms with van der Waals surface area (Å²) in [5, 5.41) is 10.0. The van der Waals surface area contributed by atoms with Gasteiger partial charge in [-0.25, -0.2) is 4.39 Å². The van der Waals surface area contributed by atoms with Crippen molar-refractivity contribution in [2.75, 3.05) is 5.32 Å². The van der Waals surface area contributed by atoms with Crippen LogP contribution in [0.2, 0.25) is 0 Å². The fraction of sp³-hybridized carbons (Fsp3) is 0.182. The van der Waals surface area contributed by atoms with E-state index in [9.17, 15) is 4.39 Å². The van der Waals surface area contributed by atoms with E-state index < -0.39 is 0 Å². The molecule has 0 atom stereocenters. The highest BCUT2D eigenvalue weighted by Gasteiger charge is 2.03. The van der Waals surface area contributed by atoms with E-state index in [0.717, 1.165) is 16.9 Å². The Morgan fingerprint density at radius 1 is 1.50 bits per heavy atom. The Balaban J connectivity index is 2.08. The number of hydrogen-bond acceptors (Lipinski definition) is 2.